The van der Waals surface area contributed by atoms with Crippen LogP contribution in [-0.2, 0) is 14.8 Å². The first-order chi connectivity index (χ1) is 10.0. The van der Waals surface area contributed by atoms with Gasteiger partial charge in [-0.3, -0.25) is 4.79 Å². The van der Waals surface area contributed by atoms with Crippen LogP contribution in [-0.4, -0.2) is 31.3 Å². The smallest absolute Gasteiger partial charge is 0.240 e. The lowest BCUT2D eigenvalue weighted by molar-refractivity contribution is -0.116. The first-order valence-electron chi connectivity index (χ1n) is 6.67. The first kappa shape index (κ1) is 14.6. The van der Waals surface area contributed by atoms with Gasteiger partial charge in [-0.2, -0.15) is 0 Å². The molecule has 0 atom stereocenters. The molecule has 1 heterocycles. The van der Waals surface area contributed by atoms with Crippen LogP contribution in [0.15, 0.2) is 34.2 Å². The van der Waals surface area contributed by atoms with Crippen LogP contribution >= 0.6 is 11.8 Å². The van der Waals surface area contributed by atoms with Gasteiger partial charge in [-0.15, -0.1) is 0 Å². The zero-order chi connectivity index (χ0) is 14.9. The molecule has 0 radical (unpaired) electrons. The summed E-state index contributed by atoms with van der Waals surface area (Å²) in [6, 6.07) is 6.47. The summed E-state index contributed by atoms with van der Waals surface area (Å²) in [6.45, 7) is 0. The van der Waals surface area contributed by atoms with Crippen molar-refractivity contribution in [2.75, 3.05) is 5.75 Å². The fourth-order valence-electron chi connectivity index (χ4n) is 2.04. The Labute approximate surface area is 127 Å². The van der Waals surface area contributed by atoms with Crippen molar-refractivity contribution < 1.29 is 13.2 Å². The van der Waals surface area contributed by atoms with Gasteiger partial charge in [0.2, 0.25) is 15.9 Å². The summed E-state index contributed by atoms with van der Waals surface area (Å²) in [7, 11) is -3.50. The quantitative estimate of drug-likeness (QED) is 0.875. The zero-order valence-corrected chi connectivity index (χ0v) is 12.8. The predicted molar refractivity (Wildman–Crippen MR) is 82.1 cm³/mol. The van der Waals surface area contributed by atoms with E-state index >= 15 is 0 Å². The highest BCUT2D eigenvalue weighted by molar-refractivity contribution is 8.15. The molecule has 0 unspecified atom stereocenters. The van der Waals surface area contributed by atoms with E-state index in [0.717, 1.165) is 19.3 Å². The van der Waals surface area contributed by atoms with Crippen LogP contribution < -0.4 is 10.0 Å². The van der Waals surface area contributed by atoms with Crippen LogP contribution in [0.5, 0.6) is 0 Å². The number of thioether (sulfide) groups is 1. The van der Waals surface area contributed by atoms with Gasteiger partial charge in [-0.05, 0) is 31.0 Å². The van der Waals surface area contributed by atoms with Crippen molar-refractivity contribution in [3.05, 3.63) is 24.3 Å². The number of sulfonamides is 1. The number of amidine groups is 1. The Hall–Kier alpha value is -1.38. The fourth-order valence-corrected chi connectivity index (χ4v) is 4.08. The molecule has 0 spiro atoms. The Balaban J connectivity index is 1.81. The highest BCUT2D eigenvalue weighted by atomic mass is 32.2. The monoisotopic (exact) mass is 325 g/mol. The summed E-state index contributed by atoms with van der Waals surface area (Å²) >= 11 is 1.31. The van der Waals surface area contributed by atoms with Crippen LogP contribution in [0.25, 0.3) is 0 Å². The number of nitrogens with one attached hydrogen (secondary N) is 2. The average molecular weight is 325 g/mol. The van der Waals surface area contributed by atoms with Crippen molar-refractivity contribution in [2.45, 2.75) is 30.2 Å². The van der Waals surface area contributed by atoms with Crippen molar-refractivity contribution in [3.63, 3.8) is 0 Å². The molecule has 2 fully saturated rings. The SMILES string of the molecule is O=C1CSC(=Nc2cccc(S(=O)(=O)NC3CCC3)c2)N1. The highest BCUT2D eigenvalue weighted by Gasteiger charge is 2.25. The number of aliphatic imine (C=N–C) groups is 1. The second-order valence-corrected chi connectivity index (χ2v) is 7.68. The molecule has 0 aromatic heterocycles. The lowest BCUT2D eigenvalue weighted by Crippen LogP contribution is -2.39. The second kappa shape index (κ2) is 5.78. The fraction of sp³-hybridized carbons (Fsp3) is 0.385. The molecule has 3 rings (SSSR count). The molecule has 1 saturated heterocycles. The standard InChI is InChI=1S/C13H15N3O3S2/c17-12-8-20-13(15-12)14-10-5-2-6-11(7-10)21(18,19)16-9-3-1-4-9/h2,5-7,9,16H,1,3-4,8H2,(H,14,15,17). The Morgan fingerprint density at radius 1 is 1.33 bits per heavy atom. The van der Waals surface area contributed by atoms with Crippen LogP contribution in [0.4, 0.5) is 5.69 Å². The van der Waals surface area contributed by atoms with E-state index in [4.69, 9.17) is 0 Å². The van der Waals surface area contributed by atoms with Crippen molar-refractivity contribution in [1.82, 2.24) is 10.0 Å². The maximum absolute atomic E-state index is 12.2. The lowest BCUT2D eigenvalue weighted by atomic mass is 9.94. The number of amides is 1. The molecule has 112 valence electrons. The third-order valence-corrected chi connectivity index (χ3v) is 5.76. The van der Waals surface area contributed by atoms with Crippen molar-refractivity contribution in [2.24, 2.45) is 4.99 Å². The van der Waals surface area contributed by atoms with E-state index in [-0.39, 0.29) is 16.8 Å². The Morgan fingerprint density at radius 3 is 2.76 bits per heavy atom. The Kier molecular flexibility index (Phi) is 4.01. The molecule has 1 saturated carbocycles. The predicted octanol–water partition coefficient (Wildman–Crippen LogP) is 1.37. The molecule has 6 nitrogen and oxygen atoms in total. The van der Waals surface area contributed by atoms with Gasteiger partial charge in [0.05, 0.1) is 16.3 Å². The van der Waals surface area contributed by atoms with E-state index in [1.54, 1.807) is 18.2 Å². The van der Waals surface area contributed by atoms with E-state index in [9.17, 15) is 13.2 Å². The molecule has 0 bridgehead atoms. The summed E-state index contributed by atoms with van der Waals surface area (Å²) < 4.78 is 27.2. The van der Waals surface area contributed by atoms with E-state index in [2.05, 4.69) is 15.0 Å². The van der Waals surface area contributed by atoms with E-state index in [1.165, 1.54) is 17.8 Å². The number of hydrogen-bond acceptors (Lipinski definition) is 5. The number of rotatable bonds is 4. The van der Waals surface area contributed by atoms with E-state index in [0.29, 0.717) is 16.6 Å². The minimum atomic E-state index is -3.50. The van der Waals surface area contributed by atoms with Gasteiger partial charge < -0.3 is 5.32 Å². The molecular weight excluding hydrogens is 310 g/mol. The number of benzene rings is 1. The zero-order valence-electron chi connectivity index (χ0n) is 11.2. The van der Waals surface area contributed by atoms with E-state index < -0.39 is 10.0 Å². The number of carbonyl (C=O) groups excluding carboxylic acids is 1. The van der Waals surface area contributed by atoms with Gasteiger partial charge in [0, 0.05) is 6.04 Å². The summed E-state index contributed by atoms with van der Waals surface area (Å²) in [5, 5.41) is 3.12. The Morgan fingerprint density at radius 2 is 2.14 bits per heavy atom. The molecule has 1 aliphatic heterocycles. The summed E-state index contributed by atoms with van der Waals surface area (Å²) in [6.07, 6.45) is 2.85. The highest BCUT2D eigenvalue weighted by Crippen LogP contribution is 2.24. The largest absolute Gasteiger partial charge is 0.304 e. The van der Waals surface area contributed by atoms with Gasteiger partial charge in [0.15, 0.2) is 5.17 Å². The summed E-state index contributed by atoms with van der Waals surface area (Å²) in [4.78, 5) is 15.6. The second-order valence-electron chi connectivity index (χ2n) is 5.00. The van der Waals surface area contributed by atoms with Crippen molar-refractivity contribution >= 4 is 38.5 Å². The molecule has 1 amide bonds. The lowest BCUT2D eigenvalue weighted by Gasteiger charge is -2.26. The molecule has 2 aliphatic rings. The molecule has 1 aliphatic carbocycles. The van der Waals surface area contributed by atoms with Crippen molar-refractivity contribution in [1.29, 1.82) is 0 Å². The topological polar surface area (TPSA) is 87.6 Å². The molecule has 21 heavy (non-hydrogen) atoms. The Bertz CT molecular complexity index is 696. The van der Waals surface area contributed by atoms with Gasteiger partial charge in [-0.25, -0.2) is 18.1 Å². The van der Waals surface area contributed by atoms with Gasteiger partial charge in [0.25, 0.3) is 0 Å². The molecule has 8 heteroatoms. The number of nitrogens with zero attached hydrogens (tertiary/aromatic N) is 1. The maximum Gasteiger partial charge on any atom is 0.240 e. The van der Waals surface area contributed by atoms with Crippen LogP contribution in [0.2, 0.25) is 0 Å². The van der Waals surface area contributed by atoms with Crippen LogP contribution in [0, 0.1) is 0 Å². The summed E-state index contributed by atoms with van der Waals surface area (Å²) in [5.74, 6) is 0.259. The minimum absolute atomic E-state index is 0.0506. The maximum atomic E-state index is 12.2. The van der Waals surface area contributed by atoms with Gasteiger partial charge in [-0.1, -0.05) is 24.2 Å². The molecular formula is C13H15N3O3S2. The van der Waals surface area contributed by atoms with E-state index in [1.807, 2.05) is 0 Å². The average Bonchev–Trinajstić information content (AvgIpc) is 2.80. The van der Waals surface area contributed by atoms with Crippen molar-refractivity contribution in [3.8, 4) is 0 Å². The normalized spacial score (nSPS) is 21.3. The number of hydrogen-bond donors (Lipinski definition) is 2. The third-order valence-electron chi connectivity index (χ3n) is 3.37. The van der Waals surface area contributed by atoms with Crippen LogP contribution in [0.3, 0.4) is 0 Å². The summed E-state index contributed by atoms with van der Waals surface area (Å²) in [5.41, 5.74) is 0.510. The molecule has 2 N–H and O–H groups in total. The van der Waals surface area contributed by atoms with Gasteiger partial charge >= 0.3 is 0 Å². The molecule has 1 aromatic carbocycles. The number of carbonyl (C=O) groups is 1. The molecule has 1 aromatic rings. The van der Waals surface area contributed by atoms with Crippen LogP contribution in [0.1, 0.15) is 19.3 Å². The minimum Gasteiger partial charge on any atom is -0.304 e. The first-order valence-corrected chi connectivity index (χ1v) is 9.13. The third kappa shape index (κ3) is 3.45. The van der Waals surface area contributed by atoms with Gasteiger partial charge in [0.1, 0.15) is 0 Å².